The quantitative estimate of drug-likeness (QED) is 0.452. The molecular formula is C29H33Cl2N3O5. The zero-order chi connectivity index (χ0) is 28.1. The van der Waals surface area contributed by atoms with Crippen molar-refractivity contribution in [1.29, 1.82) is 0 Å². The summed E-state index contributed by atoms with van der Waals surface area (Å²) in [6, 6.07) is 13.1. The number of methoxy groups -OCH3 is 2. The van der Waals surface area contributed by atoms with Gasteiger partial charge in [-0.2, -0.15) is 0 Å². The normalized spacial score (nSPS) is 18.1. The fourth-order valence-corrected chi connectivity index (χ4v) is 5.57. The van der Waals surface area contributed by atoms with Gasteiger partial charge in [0.2, 0.25) is 0 Å². The highest BCUT2D eigenvalue weighted by Crippen LogP contribution is 2.43. The minimum absolute atomic E-state index is 0.205. The Bertz CT molecular complexity index is 1300. The molecule has 2 aromatic carbocycles. The number of halogens is 2. The Morgan fingerprint density at radius 3 is 2.26 bits per heavy atom. The highest BCUT2D eigenvalue weighted by Gasteiger charge is 2.39. The number of rotatable bonds is 8. The number of para-hydroxylation sites is 2. The minimum Gasteiger partial charge on any atom is -0.495 e. The molecule has 1 N–H and O–H groups in total. The van der Waals surface area contributed by atoms with Gasteiger partial charge in [-0.25, -0.2) is 9.59 Å². The first-order valence-corrected chi connectivity index (χ1v) is 13.5. The lowest BCUT2D eigenvalue weighted by Crippen LogP contribution is -2.47. The van der Waals surface area contributed by atoms with Crippen molar-refractivity contribution >= 4 is 40.8 Å². The first kappa shape index (κ1) is 28.8. The van der Waals surface area contributed by atoms with E-state index in [1.54, 1.807) is 39.2 Å². The van der Waals surface area contributed by atoms with Gasteiger partial charge in [-0.1, -0.05) is 47.5 Å². The second-order valence-corrected chi connectivity index (χ2v) is 10.2. The molecule has 208 valence electrons. The number of allylic oxidation sites excluding steroid dienone is 2. The van der Waals surface area contributed by atoms with Crippen LogP contribution in [-0.4, -0.2) is 70.4 Å². The van der Waals surface area contributed by atoms with E-state index in [1.165, 1.54) is 7.11 Å². The van der Waals surface area contributed by atoms with Crippen molar-refractivity contribution in [3.05, 3.63) is 80.6 Å². The Morgan fingerprint density at radius 2 is 1.59 bits per heavy atom. The maximum Gasteiger partial charge on any atom is 0.336 e. The standard InChI is InChI=1S/C29H33Cl2N3O5/c1-18-24(28(35)38-4)26(20-8-7-9-21(30)27(20)31)25(19(2)32-18)29(36)39-17-16-33-12-14-34(15-13-33)22-10-5-6-11-23(22)37-3/h5-11,26,32H,12-17H2,1-4H3. The van der Waals surface area contributed by atoms with Crippen LogP contribution in [0.1, 0.15) is 25.3 Å². The van der Waals surface area contributed by atoms with E-state index in [9.17, 15) is 9.59 Å². The van der Waals surface area contributed by atoms with Crippen molar-refractivity contribution < 1.29 is 23.8 Å². The lowest BCUT2D eigenvalue weighted by molar-refractivity contribution is -0.140. The van der Waals surface area contributed by atoms with E-state index in [0.717, 1.165) is 37.6 Å². The van der Waals surface area contributed by atoms with Crippen LogP contribution in [0.25, 0.3) is 0 Å². The van der Waals surface area contributed by atoms with Crippen LogP contribution in [0, 0.1) is 0 Å². The molecule has 2 aliphatic rings. The Labute approximate surface area is 239 Å². The van der Waals surface area contributed by atoms with E-state index in [-0.39, 0.29) is 17.2 Å². The van der Waals surface area contributed by atoms with Gasteiger partial charge >= 0.3 is 11.9 Å². The van der Waals surface area contributed by atoms with Gasteiger partial charge in [-0.15, -0.1) is 0 Å². The average molecular weight is 575 g/mol. The summed E-state index contributed by atoms with van der Waals surface area (Å²) in [6.45, 7) is 7.66. The molecule has 1 saturated heterocycles. The number of anilines is 1. The molecule has 10 heteroatoms. The summed E-state index contributed by atoms with van der Waals surface area (Å²) in [4.78, 5) is 30.9. The summed E-state index contributed by atoms with van der Waals surface area (Å²) in [5, 5.41) is 3.73. The van der Waals surface area contributed by atoms with Gasteiger partial charge in [0.25, 0.3) is 0 Å². The van der Waals surface area contributed by atoms with Crippen LogP contribution in [0.15, 0.2) is 65.0 Å². The first-order valence-electron chi connectivity index (χ1n) is 12.7. The van der Waals surface area contributed by atoms with Gasteiger partial charge < -0.3 is 24.4 Å². The number of carbonyl (C=O) groups is 2. The summed E-state index contributed by atoms with van der Waals surface area (Å²) in [5.41, 5.74) is 3.34. The van der Waals surface area contributed by atoms with Gasteiger partial charge in [0.1, 0.15) is 12.4 Å². The fraction of sp³-hybridized carbons (Fsp3) is 0.379. The van der Waals surface area contributed by atoms with Crippen LogP contribution in [0.4, 0.5) is 5.69 Å². The maximum atomic E-state index is 13.5. The van der Waals surface area contributed by atoms with E-state index in [0.29, 0.717) is 34.1 Å². The van der Waals surface area contributed by atoms with Gasteiger partial charge in [0, 0.05) is 44.1 Å². The first-order chi connectivity index (χ1) is 18.8. The molecule has 2 heterocycles. The van der Waals surface area contributed by atoms with Crippen molar-refractivity contribution in [3.63, 3.8) is 0 Å². The van der Waals surface area contributed by atoms with Crippen molar-refractivity contribution in [2.24, 2.45) is 0 Å². The Kier molecular flexibility index (Phi) is 9.43. The third-order valence-electron chi connectivity index (χ3n) is 7.12. The maximum absolute atomic E-state index is 13.5. The molecule has 0 amide bonds. The number of ether oxygens (including phenoxy) is 3. The number of benzene rings is 2. The van der Waals surface area contributed by atoms with E-state index < -0.39 is 17.9 Å². The second kappa shape index (κ2) is 12.8. The number of hydrogen-bond acceptors (Lipinski definition) is 8. The van der Waals surface area contributed by atoms with Crippen LogP contribution >= 0.6 is 23.2 Å². The zero-order valence-electron chi connectivity index (χ0n) is 22.6. The predicted octanol–water partition coefficient (Wildman–Crippen LogP) is 4.78. The van der Waals surface area contributed by atoms with Crippen molar-refractivity contribution in [2.45, 2.75) is 19.8 Å². The number of nitrogens with one attached hydrogen (secondary N) is 1. The van der Waals surface area contributed by atoms with Crippen LogP contribution < -0.4 is 15.0 Å². The van der Waals surface area contributed by atoms with E-state index in [2.05, 4.69) is 21.2 Å². The average Bonchev–Trinajstić information content (AvgIpc) is 2.94. The van der Waals surface area contributed by atoms with Gasteiger partial charge in [0.15, 0.2) is 0 Å². The Balaban J connectivity index is 1.45. The minimum atomic E-state index is -0.790. The third-order valence-corrected chi connectivity index (χ3v) is 7.95. The van der Waals surface area contributed by atoms with E-state index in [1.807, 2.05) is 18.2 Å². The molecular weight excluding hydrogens is 541 g/mol. The molecule has 0 saturated carbocycles. The van der Waals surface area contributed by atoms with Gasteiger partial charge in [-0.3, -0.25) is 4.90 Å². The summed E-state index contributed by atoms with van der Waals surface area (Å²) >= 11 is 12.9. The lowest BCUT2D eigenvalue weighted by Gasteiger charge is -2.36. The molecule has 1 unspecified atom stereocenters. The molecule has 0 spiro atoms. The largest absolute Gasteiger partial charge is 0.495 e. The number of piperazine rings is 1. The van der Waals surface area contributed by atoms with Gasteiger partial charge in [0.05, 0.1) is 47.0 Å². The zero-order valence-corrected chi connectivity index (χ0v) is 24.1. The fourth-order valence-electron chi connectivity index (χ4n) is 5.15. The monoisotopic (exact) mass is 573 g/mol. The van der Waals surface area contributed by atoms with Crippen molar-refractivity contribution in [1.82, 2.24) is 10.2 Å². The summed E-state index contributed by atoms with van der Waals surface area (Å²) in [6.07, 6.45) is 0. The van der Waals surface area contributed by atoms with Gasteiger partial charge in [-0.05, 0) is 37.6 Å². The smallest absolute Gasteiger partial charge is 0.336 e. The molecule has 0 aliphatic carbocycles. The Morgan fingerprint density at radius 1 is 0.923 bits per heavy atom. The number of carbonyl (C=O) groups excluding carboxylic acids is 2. The van der Waals surface area contributed by atoms with Crippen LogP contribution in [0.5, 0.6) is 5.75 Å². The van der Waals surface area contributed by atoms with Crippen molar-refractivity contribution in [3.8, 4) is 5.75 Å². The number of esters is 2. The molecule has 0 bridgehead atoms. The molecule has 1 atom stereocenters. The van der Waals surface area contributed by atoms with Crippen LogP contribution in [-0.2, 0) is 19.1 Å². The highest BCUT2D eigenvalue weighted by molar-refractivity contribution is 6.42. The summed E-state index contributed by atoms with van der Waals surface area (Å²) in [7, 11) is 2.98. The number of hydrogen-bond donors (Lipinski definition) is 1. The lowest BCUT2D eigenvalue weighted by atomic mass is 9.80. The highest BCUT2D eigenvalue weighted by atomic mass is 35.5. The van der Waals surface area contributed by atoms with E-state index >= 15 is 0 Å². The molecule has 39 heavy (non-hydrogen) atoms. The summed E-state index contributed by atoms with van der Waals surface area (Å²) in [5.74, 6) is -1.02. The van der Waals surface area contributed by atoms with E-state index in [4.69, 9.17) is 37.4 Å². The van der Waals surface area contributed by atoms with Crippen molar-refractivity contribution in [2.75, 3.05) is 58.5 Å². The van der Waals surface area contributed by atoms with Crippen LogP contribution in [0.3, 0.4) is 0 Å². The predicted molar refractivity (Wildman–Crippen MR) is 152 cm³/mol. The number of dihydropyridines is 1. The molecule has 2 aromatic rings. The molecule has 1 fully saturated rings. The Hall–Kier alpha value is -3.20. The summed E-state index contributed by atoms with van der Waals surface area (Å²) < 4.78 is 16.3. The number of nitrogens with zero attached hydrogens (tertiary/aromatic N) is 2. The molecule has 0 aromatic heterocycles. The molecule has 8 nitrogen and oxygen atoms in total. The topological polar surface area (TPSA) is 80.3 Å². The SMILES string of the molecule is COC(=O)C1=C(C)NC(C)=C(C(=O)OCCN2CCN(c3ccccc3OC)CC2)C1c1cccc(Cl)c1Cl. The molecule has 4 rings (SSSR count). The van der Waals surface area contributed by atoms with Crippen LogP contribution in [0.2, 0.25) is 10.0 Å². The second-order valence-electron chi connectivity index (χ2n) is 9.41. The third kappa shape index (κ3) is 6.19. The molecule has 2 aliphatic heterocycles. The molecule has 0 radical (unpaired) electrons.